The molecule has 0 aliphatic carbocycles. The van der Waals surface area contributed by atoms with Gasteiger partial charge in [0.2, 0.25) is 0 Å². The van der Waals surface area contributed by atoms with Gasteiger partial charge in [0.15, 0.2) is 11.5 Å². The maximum absolute atomic E-state index is 11.9. The van der Waals surface area contributed by atoms with Crippen molar-refractivity contribution in [2.75, 3.05) is 25.6 Å². The van der Waals surface area contributed by atoms with Crippen LogP contribution in [-0.2, 0) is 4.79 Å². The second-order valence-corrected chi connectivity index (χ2v) is 5.42. The highest BCUT2D eigenvalue weighted by molar-refractivity contribution is 5.88. The van der Waals surface area contributed by atoms with E-state index in [4.69, 9.17) is 9.47 Å². The van der Waals surface area contributed by atoms with Crippen molar-refractivity contribution in [3.63, 3.8) is 0 Å². The number of rotatable bonds is 9. The number of carbonyl (C=O) groups excluding carboxylic acids is 1. The van der Waals surface area contributed by atoms with Gasteiger partial charge in [-0.1, -0.05) is 12.1 Å². The Morgan fingerprint density at radius 1 is 1.32 bits per heavy atom. The van der Waals surface area contributed by atoms with Gasteiger partial charge in [-0.3, -0.25) is 14.9 Å². The summed E-state index contributed by atoms with van der Waals surface area (Å²) in [6, 6.07) is 9.34. The SMILES string of the molecule is CCOc1cc([N+](=O)[O-])cc(/C=N/NC(=O)CNc2ccccc2OC)c1O. The van der Waals surface area contributed by atoms with Crippen molar-refractivity contribution in [2.24, 2.45) is 5.10 Å². The number of ether oxygens (including phenoxy) is 2. The number of methoxy groups -OCH3 is 1. The molecule has 2 aromatic carbocycles. The van der Waals surface area contributed by atoms with Crippen LogP contribution in [-0.4, -0.2) is 42.4 Å². The molecule has 0 atom stereocenters. The van der Waals surface area contributed by atoms with Crippen molar-refractivity contribution in [1.29, 1.82) is 0 Å². The summed E-state index contributed by atoms with van der Waals surface area (Å²) in [5.74, 6) is -0.221. The zero-order valence-electron chi connectivity index (χ0n) is 15.3. The van der Waals surface area contributed by atoms with E-state index in [0.29, 0.717) is 11.4 Å². The van der Waals surface area contributed by atoms with Crippen molar-refractivity contribution in [1.82, 2.24) is 5.43 Å². The lowest BCUT2D eigenvalue weighted by Crippen LogP contribution is -2.26. The summed E-state index contributed by atoms with van der Waals surface area (Å²) in [6.07, 6.45) is 1.10. The summed E-state index contributed by atoms with van der Waals surface area (Å²) in [6.45, 7) is 1.82. The third kappa shape index (κ3) is 5.34. The van der Waals surface area contributed by atoms with Gasteiger partial charge in [0.25, 0.3) is 11.6 Å². The lowest BCUT2D eigenvalue weighted by molar-refractivity contribution is -0.385. The maximum Gasteiger partial charge on any atom is 0.274 e. The van der Waals surface area contributed by atoms with E-state index in [1.54, 1.807) is 31.2 Å². The first-order valence-electron chi connectivity index (χ1n) is 8.29. The second-order valence-electron chi connectivity index (χ2n) is 5.42. The van der Waals surface area contributed by atoms with Gasteiger partial charge >= 0.3 is 0 Å². The smallest absolute Gasteiger partial charge is 0.274 e. The quantitative estimate of drug-likeness (QED) is 0.341. The molecule has 0 saturated carbocycles. The first-order valence-corrected chi connectivity index (χ1v) is 8.29. The lowest BCUT2D eigenvalue weighted by atomic mass is 10.1. The van der Waals surface area contributed by atoms with Crippen molar-refractivity contribution in [2.45, 2.75) is 6.92 Å². The molecule has 0 saturated heterocycles. The molecule has 2 rings (SSSR count). The molecule has 2 aromatic rings. The zero-order valence-corrected chi connectivity index (χ0v) is 15.3. The first kappa shape index (κ1) is 20.5. The van der Waals surface area contributed by atoms with Crippen LogP contribution in [0, 0.1) is 10.1 Å². The van der Waals surface area contributed by atoms with Crippen LogP contribution in [0.1, 0.15) is 12.5 Å². The number of hydrazone groups is 1. The highest BCUT2D eigenvalue weighted by Gasteiger charge is 2.16. The fraction of sp³-hybridized carbons (Fsp3) is 0.222. The Kier molecular flexibility index (Phi) is 7.14. The molecule has 148 valence electrons. The van der Waals surface area contributed by atoms with Crippen molar-refractivity contribution < 1.29 is 24.3 Å². The zero-order chi connectivity index (χ0) is 20.5. The molecule has 0 bridgehead atoms. The average molecular weight is 388 g/mol. The summed E-state index contributed by atoms with van der Waals surface area (Å²) in [7, 11) is 1.52. The van der Waals surface area contributed by atoms with E-state index in [1.807, 2.05) is 0 Å². The molecule has 10 nitrogen and oxygen atoms in total. The van der Waals surface area contributed by atoms with E-state index < -0.39 is 10.8 Å². The average Bonchev–Trinajstić information content (AvgIpc) is 2.69. The Hall–Kier alpha value is -3.82. The van der Waals surface area contributed by atoms with Gasteiger partial charge in [-0.05, 0) is 19.1 Å². The number of nitrogens with zero attached hydrogens (tertiary/aromatic N) is 2. The van der Waals surface area contributed by atoms with E-state index in [2.05, 4.69) is 15.8 Å². The predicted octanol–water partition coefficient (Wildman–Crippen LogP) is 2.27. The van der Waals surface area contributed by atoms with Crippen LogP contribution in [0.2, 0.25) is 0 Å². The molecule has 3 N–H and O–H groups in total. The minimum Gasteiger partial charge on any atom is -0.504 e. The number of para-hydroxylation sites is 2. The van der Waals surface area contributed by atoms with E-state index >= 15 is 0 Å². The van der Waals surface area contributed by atoms with Gasteiger partial charge in [-0.25, -0.2) is 5.43 Å². The predicted molar refractivity (Wildman–Crippen MR) is 103 cm³/mol. The van der Waals surface area contributed by atoms with Crippen LogP contribution < -0.4 is 20.2 Å². The summed E-state index contributed by atoms with van der Waals surface area (Å²) in [5.41, 5.74) is 2.68. The molecular weight excluding hydrogens is 368 g/mol. The third-order valence-corrected chi connectivity index (χ3v) is 3.54. The molecule has 0 aliphatic rings. The van der Waals surface area contributed by atoms with Crippen LogP contribution in [0.3, 0.4) is 0 Å². The summed E-state index contributed by atoms with van der Waals surface area (Å²) in [4.78, 5) is 22.3. The molecule has 28 heavy (non-hydrogen) atoms. The van der Waals surface area contributed by atoms with Crippen LogP contribution >= 0.6 is 0 Å². The van der Waals surface area contributed by atoms with Gasteiger partial charge in [0.1, 0.15) is 5.75 Å². The fourth-order valence-electron chi connectivity index (χ4n) is 2.26. The van der Waals surface area contributed by atoms with E-state index in [-0.39, 0.29) is 35.9 Å². The summed E-state index contributed by atoms with van der Waals surface area (Å²) >= 11 is 0. The van der Waals surface area contributed by atoms with E-state index in [1.165, 1.54) is 7.11 Å². The third-order valence-electron chi connectivity index (χ3n) is 3.54. The monoisotopic (exact) mass is 388 g/mol. The van der Waals surface area contributed by atoms with Gasteiger partial charge in [0.05, 0.1) is 43.2 Å². The number of nitrogens with one attached hydrogen (secondary N) is 2. The minimum atomic E-state index is -0.616. The first-order chi connectivity index (χ1) is 13.5. The van der Waals surface area contributed by atoms with Gasteiger partial charge in [-0.15, -0.1) is 0 Å². The number of hydrogen-bond acceptors (Lipinski definition) is 8. The van der Waals surface area contributed by atoms with Gasteiger partial charge in [-0.2, -0.15) is 5.10 Å². The second kappa shape index (κ2) is 9.76. The molecule has 10 heteroatoms. The maximum atomic E-state index is 11.9. The number of anilines is 1. The largest absolute Gasteiger partial charge is 0.504 e. The van der Waals surface area contributed by atoms with Gasteiger partial charge < -0.3 is 19.9 Å². The van der Waals surface area contributed by atoms with E-state index in [0.717, 1.165) is 18.3 Å². The number of aromatic hydroxyl groups is 1. The number of benzene rings is 2. The highest BCUT2D eigenvalue weighted by Crippen LogP contribution is 2.33. The van der Waals surface area contributed by atoms with Crippen LogP contribution in [0.5, 0.6) is 17.2 Å². The Morgan fingerprint density at radius 3 is 2.75 bits per heavy atom. The van der Waals surface area contributed by atoms with Gasteiger partial charge in [0, 0.05) is 11.6 Å². The highest BCUT2D eigenvalue weighted by atomic mass is 16.6. The Labute approximate surface area is 160 Å². The summed E-state index contributed by atoms with van der Waals surface area (Å²) < 4.78 is 10.4. The number of phenols is 1. The minimum absolute atomic E-state index is 0.0376. The van der Waals surface area contributed by atoms with Crippen molar-refractivity contribution in [3.8, 4) is 17.2 Å². The Morgan fingerprint density at radius 2 is 2.07 bits per heavy atom. The molecule has 0 heterocycles. The number of carbonyl (C=O) groups is 1. The number of amides is 1. The number of nitro groups is 1. The number of nitro benzene ring substituents is 1. The van der Waals surface area contributed by atoms with Crippen molar-refractivity contribution in [3.05, 3.63) is 52.1 Å². The fourth-order valence-corrected chi connectivity index (χ4v) is 2.26. The normalized spacial score (nSPS) is 10.5. The molecule has 0 aliphatic heterocycles. The summed E-state index contributed by atoms with van der Waals surface area (Å²) in [5, 5.41) is 27.8. The molecular formula is C18H20N4O6. The van der Waals surface area contributed by atoms with Crippen LogP contribution in [0.25, 0.3) is 0 Å². The number of hydrogen-bond donors (Lipinski definition) is 3. The molecule has 1 amide bonds. The Bertz CT molecular complexity index is 884. The van der Waals surface area contributed by atoms with Crippen LogP contribution in [0.15, 0.2) is 41.5 Å². The lowest BCUT2D eigenvalue weighted by Gasteiger charge is -2.10. The molecule has 0 aromatic heterocycles. The molecule has 0 spiro atoms. The Balaban J connectivity index is 2.03. The molecule has 0 radical (unpaired) electrons. The molecule has 0 unspecified atom stereocenters. The molecule has 0 fully saturated rings. The number of non-ortho nitro benzene ring substituents is 1. The standard InChI is InChI=1S/C18H20N4O6/c1-3-28-16-9-13(22(25)26)8-12(18(16)24)10-20-21-17(23)11-19-14-6-4-5-7-15(14)27-2/h4-10,19,24H,3,11H2,1-2H3,(H,21,23)/b20-10+. The topological polar surface area (TPSA) is 135 Å². The van der Waals surface area contributed by atoms with Crippen LogP contribution in [0.4, 0.5) is 11.4 Å². The number of phenolic OH excluding ortho intramolecular Hbond substituents is 1. The van der Waals surface area contributed by atoms with E-state index in [9.17, 15) is 20.0 Å². The van der Waals surface area contributed by atoms with Crippen molar-refractivity contribution >= 4 is 23.5 Å².